The van der Waals surface area contributed by atoms with Gasteiger partial charge in [0.15, 0.2) is 5.96 Å². The number of guanidine groups is 1. The molecule has 0 aromatic heterocycles. The maximum atomic E-state index is 11.0. The fraction of sp³-hybridized carbons (Fsp3) is 0.500. The number of nitrogens with one attached hydrogen (secondary N) is 2. The van der Waals surface area contributed by atoms with Crippen molar-refractivity contribution in [2.75, 3.05) is 46.4 Å². The summed E-state index contributed by atoms with van der Waals surface area (Å²) in [6.45, 7) is 6.04. The summed E-state index contributed by atoms with van der Waals surface area (Å²) in [5, 5.41) is 6.55. The predicted octanol–water partition coefficient (Wildman–Crippen LogP) is -0.217. The molecule has 0 unspecified atom stereocenters. The molecule has 1 amide bonds. The minimum Gasteiger partial charge on any atom is -0.379 e. The lowest BCUT2D eigenvalue weighted by atomic mass is 10.1. The van der Waals surface area contributed by atoms with Gasteiger partial charge in [0.2, 0.25) is 5.91 Å². The zero-order valence-electron chi connectivity index (χ0n) is 13.5. The third-order valence-corrected chi connectivity index (χ3v) is 3.75. The van der Waals surface area contributed by atoms with Crippen molar-refractivity contribution in [1.82, 2.24) is 15.5 Å². The van der Waals surface area contributed by atoms with Crippen LogP contribution >= 0.6 is 0 Å². The Morgan fingerprint density at radius 2 is 1.96 bits per heavy atom. The van der Waals surface area contributed by atoms with Crippen molar-refractivity contribution in [3.05, 3.63) is 35.4 Å². The van der Waals surface area contributed by atoms with E-state index in [9.17, 15) is 4.79 Å². The Morgan fingerprint density at radius 3 is 2.57 bits per heavy atom. The molecule has 2 rings (SSSR count). The number of carbonyl (C=O) groups excluding carboxylic acids is 1. The molecule has 1 heterocycles. The number of benzene rings is 1. The van der Waals surface area contributed by atoms with Gasteiger partial charge >= 0.3 is 0 Å². The first-order valence-corrected chi connectivity index (χ1v) is 7.82. The first kappa shape index (κ1) is 17.2. The number of hydrogen-bond acceptors (Lipinski definition) is 4. The first-order valence-electron chi connectivity index (χ1n) is 7.82. The molecule has 0 atom stereocenters. The molecule has 1 aromatic rings. The molecule has 1 fully saturated rings. The normalized spacial score (nSPS) is 16.1. The Morgan fingerprint density at radius 1 is 1.26 bits per heavy atom. The van der Waals surface area contributed by atoms with Crippen LogP contribution in [0.3, 0.4) is 0 Å². The molecule has 0 spiro atoms. The van der Waals surface area contributed by atoms with Crippen molar-refractivity contribution in [3.63, 3.8) is 0 Å². The second-order valence-electron chi connectivity index (χ2n) is 5.37. The molecule has 1 aliphatic rings. The van der Waals surface area contributed by atoms with Gasteiger partial charge in [0.25, 0.3) is 0 Å². The molecule has 1 saturated heterocycles. The van der Waals surface area contributed by atoms with Crippen LogP contribution in [0.15, 0.2) is 29.3 Å². The molecule has 4 N–H and O–H groups in total. The minimum absolute atomic E-state index is 0.412. The SMILES string of the molecule is CN=C(NCCN1CCOCC1)NCc1ccc(C(N)=O)cc1. The molecular weight excluding hydrogens is 294 g/mol. The van der Waals surface area contributed by atoms with Crippen LogP contribution < -0.4 is 16.4 Å². The summed E-state index contributed by atoms with van der Waals surface area (Å²) < 4.78 is 5.33. The van der Waals surface area contributed by atoms with Crippen LogP contribution in [0, 0.1) is 0 Å². The van der Waals surface area contributed by atoms with Gasteiger partial charge in [0.05, 0.1) is 13.2 Å². The lowest BCUT2D eigenvalue weighted by molar-refractivity contribution is 0.0389. The number of aliphatic imine (C=N–C) groups is 1. The number of amides is 1. The number of hydrogen-bond donors (Lipinski definition) is 3. The summed E-state index contributed by atoms with van der Waals surface area (Å²) in [7, 11) is 1.75. The molecule has 7 heteroatoms. The summed E-state index contributed by atoms with van der Waals surface area (Å²) in [5.74, 6) is 0.349. The van der Waals surface area contributed by atoms with Crippen LogP contribution in [-0.2, 0) is 11.3 Å². The summed E-state index contributed by atoms with van der Waals surface area (Å²) in [6.07, 6.45) is 0. The second kappa shape index (κ2) is 9.12. The van der Waals surface area contributed by atoms with E-state index in [0.717, 1.165) is 50.9 Å². The lowest BCUT2D eigenvalue weighted by Gasteiger charge is -2.26. The number of primary amides is 1. The quantitative estimate of drug-likeness (QED) is 0.498. The fourth-order valence-corrected chi connectivity index (χ4v) is 2.35. The van der Waals surface area contributed by atoms with E-state index < -0.39 is 5.91 Å². The summed E-state index contributed by atoms with van der Waals surface area (Å²) in [4.78, 5) is 17.6. The van der Waals surface area contributed by atoms with Crippen molar-refractivity contribution in [2.45, 2.75) is 6.54 Å². The minimum atomic E-state index is -0.412. The number of nitrogens with zero attached hydrogens (tertiary/aromatic N) is 2. The number of ether oxygens (including phenoxy) is 1. The Bertz CT molecular complexity index is 524. The van der Waals surface area contributed by atoms with Gasteiger partial charge in [-0.25, -0.2) is 0 Å². The summed E-state index contributed by atoms with van der Waals surface area (Å²) in [5.41, 5.74) is 6.81. The Labute approximate surface area is 136 Å². The van der Waals surface area contributed by atoms with Crippen LogP contribution in [0.5, 0.6) is 0 Å². The molecule has 0 aliphatic carbocycles. The number of rotatable bonds is 6. The van der Waals surface area contributed by atoms with Gasteiger partial charge in [-0.15, -0.1) is 0 Å². The van der Waals surface area contributed by atoms with Crippen LogP contribution in [-0.4, -0.2) is 63.2 Å². The number of carbonyl (C=O) groups is 1. The van der Waals surface area contributed by atoms with Crippen molar-refractivity contribution in [2.24, 2.45) is 10.7 Å². The van der Waals surface area contributed by atoms with Crippen molar-refractivity contribution in [3.8, 4) is 0 Å². The van der Waals surface area contributed by atoms with Crippen LogP contribution in [0.1, 0.15) is 15.9 Å². The van der Waals surface area contributed by atoms with E-state index in [1.165, 1.54) is 0 Å². The molecule has 23 heavy (non-hydrogen) atoms. The van der Waals surface area contributed by atoms with E-state index in [1.807, 2.05) is 12.1 Å². The Hall–Kier alpha value is -2.12. The van der Waals surface area contributed by atoms with Gasteiger partial charge in [0, 0.05) is 45.3 Å². The summed E-state index contributed by atoms with van der Waals surface area (Å²) in [6, 6.07) is 7.23. The van der Waals surface area contributed by atoms with Gasteiger partial charge in [-0.1, -0.05) is 12.1 Å². The molecule has 126 valence electrons. The summed E-state index contributed by atoms with van der Waals surface area (Å²) >= 11 is 0. The van der Waals surface area contributed by atoms with E-state index in [1.54, 1.807) is 19.2 Å². The van der Waals surface area contributed by atoms with Gasteiger partial charge < -0.3 is 21.1 Å². The third kappa shape index (κ3) is 5.88. The standard InChI is InChI=1S/C16H25N5O2/c1-18-16(19-6-7-21-8-10-23-11-9-21)20-12-13-2-4-14(5-3-13)15(17)22/h2-5H,6-12H2,1H3,(H2,17,22)(H2,18,19,20). The van der Waals surface area contributed by atoms with Crippen LogP contribution in [0.2, 0.25) is 0 Å². The second-order valence-corrected chi connectivity index (χ2v) is 5.37. The highest BCUT2D eigenvalue weighted by Crippen LogP contribution is 2.03. The molecular formula is C16H25N5O2. The van der Waals surface area contributed by atoms with E-state index in [4.69, 9.17) is 10.5 Å². The lowest BCUT2D eigenvalue weighted by Crippen LogP contribution is -2.44. The van der Waals surface area contributed by atoms with Crippen molar-refractivity contribution >= 4 is 11.9 Å². The molecule has 7 nitrogen and oxygen atoms in total. The highest BCUT2D eigenvalue weighted by atomic mass is 16.5. The Balaban J connectivity index is 1.70. The average molecular weight is 319 g/mol. The van der Waals surface area contributed by atoms with E-state index in [0.29, 0.717) is 12.1 Å². The zero-order valence-corrected chi connectivity index (χ0v) is 13.5. The largest absolute Gasteiger partial charge is 0.379 e. The van der Waals surface area contributed by atoms with Gasteiger partial charge in [-0.05, 0) is 17.7 Å². The molecule has 0 saturated carbocycles. The number of morpholine rings is 1. The van der Waals surface area contributed by atoms with Gasteiger partial charge in [-0.2, -0.15) is 0 Å². The maximum Gasteiger partial charge on any atom is 0.248 e. The average Bonchev–Trinajstić information content (AvgIpc) is 2.59. The van der Waals surface area contributed by atoms with Crippen molar-refractivity contribution in [1.29, 1.82) is 0 Å². The van der Waals surface area contributed by atoms with Gasteiger partial charge in [-0.3, -0.25) is 14.7 Å². The predicted molar refractivity (Wildman–Crippen MR) is 90.4 cm³/mol. The first-order chi connectivity index (χ1) is 11.2. The highest BCUT2D eigenvalue weighted by molar-refractivity contribution is 5.92. The van der Waals surface area contributed by atoms with Gasteiger partial charge in [0.1, 0.15) is 0 Å². The van der Waals surface area contributed by atoms with E-state index in [2.05, 4.69) is 20.5 Å². The zero-order chi connectivity index (χ0) is 16.5. The van der Waals surface area contributed by atoms with Crippen LogP contribution in [0.25, 0.3) is 0 Å². The van der Waals surface area contributed by atoms with Crippen molar-refractivity contribution < 1.29 is 9.53 Å². The molecule has 1 aromatic carbocycles. The third-order valence-electron chi connectivity index (χ3n) is 3.75. The smallest absolute Gasteiger partial charge is 0.248 e. The maximum absolute atomic E-state index is 11.0. The van der Waals surface area contributed by atoms with E-state index in [-0.39, 0.29) is 0 Å². The molecule has 1 aliphatic heterocycles. The number of nitrogens with two attached hydrogens (primary N) is 1. The topological polar surface area (TPSA) is 92.0 Å². The Kier molecular flexibility index (Phi) is 6.83. The van der Waals surface area contributed by atoms with Crippen LogP contribution in [0.4, 0.5) is 0 Å². The highest BCUT2D eigenvalue weighted by Gasteiger charge is 2.09. The monoisotopic (exact) mass is 319 g/mol. The molecule has 0 bridgehead atoms. The molecule has 0 radical (unpaired) electrons. The fourth-order valence-electron chi connectivity index (χ4n) is 2.35. The van der Waals surface area contributed by atoms with E-state index >= 15 is 0 Å².